The first-order valence-electron chi connectivity index (χ1n) is 11.4. The molecule has 0 bridgehead atoms. The van der Waals surface area contributed by atoms with Crippen LogP contribution >= 0.6 is 0 Å². The molecule has 1 amide bonds. The fourth-order valence-electron chi connectivity index (χ4n) is 4.25. The minimum atomic E-state index is -0.378. The van der Waals surface area contributed by atoms with E-state index in [1.54, 1.807) is 13.2 Å². The molecule has 7 nitrogen and oxygen atoms in total. The minimum Gasteiger partial charge on any atom is -0.497 e. The highest BCUT2D eigenvalue weighted by atomic mass is 16.5. The largest absolute Gasteiger partial charge is 0.497 e. The highest BCUT2D eigenvalue weighted by molar-refractivity contribution is 6.01. The monoisotopic (exact) mass is 450 g/mol. The van der Waals surface area contributed by atoms with Gasteiger partial charge in [-0.1, -0.05) is 13.8 Å². The van der Waals surface area contributed by atoms with Crippen molar-refractivity contribution in [1.29, 1.82) is 5.26 Å². The molecule has 1 unspecified atom stereocenters. The first kappa shape index (κ1) is 24.6. The van der Waals surface area contributed by atoms with Crippen LogP contribution in [0.15, 0.2) is 35.9 Å². The molecule has 3 rings (SSSR count). The van der Waals surface area contributed by atoms with E-state index in [-0.39, 0.29) is 17.6 Å². The highest BCUT2D eigenvalue weighted by Gasteiger charge is 2.22. The van der Waals surface area contributed by atoms with Crippen LogP contribution in [-0.4, -0.2) is 61.4 Å². The lowest BCUT2D eigenvalue weighted by atomic mass is 10.1. The number of methoxy groups -OCH3 is 1. The lowest BCUT2D eigenvalue weighted by Crippen LogP contribution is -2.48. The van der Waals surface area contributed by atoms with Gasteiger partial charge in [0.15, 0.2) is 0 Å². The summed E-state index contributed by atoms with van der Waals surface area (Å²) in [7, 11) is 1.64. The molecular formula is C26H34N4O3. The summed E-state index contributed by atoms with van der Waals surface area (Å²) in [4.78, 5) is 15.1. The fourth-order valence-corrected chi connectivity index (χ4v) is 4.25. The molecule has 2 aromatic rings. The second-order valence-corrected chi connectivity index (χ2v) is 8.89. The number of aryl methyl sites for hydroxylation is 1. The second kappa shape index (κ2) is 11.2. The van der Waals surface area contributed by atoms with Crippen molar-refractivity contribution >= 4 is 12.0 Å². The molecule has 1 aliphatic heterocycles. The van der Waals surface area contributed by atoms with Gasteiger partial charge in [-0.2, -0.15) is 5.26 Å². The summed E-state index contributed by atoms with van der Waals surface area (Å²) in [6, 6.07) is 11.8. The molecule has 1 fully saturated rings. The van der Waals surface area contributed by atoms with E-state index in [4.69, 9.17) is 9.47 Å². The lowest BCUT2D eigenvalue weighted by Gasteiger charge is -2.33. The molecule has 33 heavy (non-hydrogen) atoms. The van der Waals surface area contributed by atoms with E-state index in [9.17, 15) is 10.1 Å². The summed E-state index contributed by atoms with van der Waals surface area (Å²) in [5.41, 5.74) is 3.89. The molecule has 1 saturated heterocycles. The Labute approximate surface area is 196 Å². The number of aromatic nitrogens is 1. The Balaban J connectivity index is 1.70. The Morgan fingerprint density at radius 2 is 2.06 bits per heavy atom. The second-order valence-electron chi connectivity index (χ2n) is 8.89. The first-order chi connectivity index (χ1) is 15.8. The number of nitrogens with zero attached hydrogens (tertiary/aromatic N) is 3. The number of hydrogen-bond acceptors (Lipinski definition) is 5. The van der Waals surface area contributed by atoms with Crippen molar-refractivity contribution in [3.8, 4) is 17.5 Å². The van der Waals surface area contributed by atoms with Gasteiger partial charge < -0.3 is 19.4 Å². The molecule has 1 atom stereocenters. The van der Waals surface area contributed by atoms with Gasteiger partial charge in [0.05, 0.1) is 19.8 Å². The molecule has 1 aromatic heterocycles. The van der Waals surface area contributed by atoms with Crippen molar-refractivity contribution in [1.82, 2.24) is 14.8 Å². The van der Waals surface area contributed by atoms with Gasteiger partial charge in [-0.25, -0.2) is 0 Å². The van der Waals surface area contributed by atoms with E-state index >= 15 is 0 Å². The Morgan fingerprint density at radius 3 is 2.70 bits per heavy atom. The van der Waals surface area contributed by atoms with Crippen LogP contribution in [0.4, 0.5) is 0 Å². The summed E-state index contributed by atoms with van der Waals surface area (Å²) in [5, 5.41) is 12.5. The molecule has 1 aromatic carbocycles. The Bertz CT molecular complexity index is 1030. The highest BCUT2D eigenvalue weighted by Crippen LogP contribution is 2.24. The van der Waals surface area contributed by atoms with Gasteiger partial charge in [-0.05, 0) is 61.7 Å². The Morgan fingerprint density at radius 1 is 1.33 bits per heavy atom. The van der Waals surface area contributed by atoms with Crippen LogP contribution in [0.3, 0.4) is 0 Å². The van der Waals surface area contributed by atoms with E-state index in [0.29, 0.717) is 19.1 Å². The standard InChI is InChI=1S/C26H34N4O3/c1-18(2)16-29-10-11-33-25(17-29)15-28-26(31)22(14-27)13-21-12-19(3)30(20(21)4)23-6-8-24(32-5)9-7-23/h6-9,12-13,18,25H,10-11,15-17H2,1-5H3,(H,28,31)/b22-13+. The lowest BCUT2D eigenvalue weighted by molar-refractivity contribution is -0.118. The molecule has 2 heterocycles. The maximum absolute atomic E-state index is 12.7. The van der Waals surface area contributed by atoms with Crippen LogP contribution < -0.4 is 10.1 Å². The van der Waals surface area contributed by atoms with E-state index < -0.39 is 0 Å². The van der Waals surface area contributed by atoms with E-state index in [1.807, 2.05) is 44.2 Å². The molecule has 1 N–H and O–H groups in total. The first-order valence-corrected chi connectivity index (χ1v) is 11.4. The van der Waals surface area contributed by atoms with Crippen molar-refractivity contribution < 1.29 is 14.3 Å². The average Bonchev–Trinajstić information content (AvgIpc) is 3.08. The van der Waals surface area contributed by atoms with E-state index in [2.05, 4.69) is 34.7 Å². The van der Waals surface area contributed by atoms with Gasteiger partial charge in [-0.3, -0.25) is 9.69 Å². The summed E-state index contributed by atoms with van der Waals surface area (Å²) in [6.07, 6.45) is 1.59. The summed E-state index contributed by atoms with van der Waals surface area (Å²) in [5.74, 6) is 0.999. The van der Waals surface area contributed by atoms with Crippen molar-refractivity contribution in [2.75, 3.05) is 39.9 Å². The number of nitriles is 1. The normalized spacial score (nSPS) is 17.1. The number of carbonyl (C=O) groups excluding carboxylic acids is 1. The zero-order valence-corrected chi connectivity index (χ0v) is 20.2. The zero-order valence-electron chi connectivity index (χ0n) is 20.2. The molecule has 176 valence electrons. The molecular weight excluding hydrogens is 416 g/mol. The smallest absolute Gasteiger partial charge is 0.262 e. The SMILES string of the molecule is COc1ccc(-n2c(C)cc(/C=C(\C#N)C(=O)NCC3CN(CC(C)C)CCO3)c2C)cc1. The van der Waals surface area contributed by atoms with Gasteiger partial charge in [0.25, 0.3) is 5.91 Å². The van der Waals surface area contributed by atoms with Crippen molar-refractivity contribution in [3.63, 3.8) is 0 Å². The number of amides is 1. The summed E-state index contributed by atoms with van der Waals surface area (Å²) >= 11 is 0. The van der Waals surface area contributed by atoms with Crippen LogP contribution in [-0.2, 0) is 9.53 Å². The van der Waals surface area contributed by atoms with Gasteiger partial charge in [0.1, 0.15) is 17.4 Å². The molecule has 0 spiro atoms. The molecule has 0 saturated carbocycles. The van der Waals surface area contributed by atoms with Gasteiger partial charge in [0.2, 0.25) is 0 Å². The number of carbonyl (C=O) groups is 1. The van der Waals surface area contributed by atoms with Crippen LogP contribution in [0.1, 0.15) is 30.8 Å². The predicted molar refractivity (Wildman–Crippen MR) is 129 cm³/mol. The average molecular weight is 451 g/mol. The van der Waals surface area contributed by atoms with Crippen LogP contribution in [0, 0.1) is 31.1 Å². The van der Waals surface area contributed by atoms with Gasteiger partial charge >= 0.3 is 0 Å². The summed E-state index contributed by atoms with van der Waals surface area (Å²) < 4.78 is 13.1. The van der Waals surface area contributed by atoms with E-state index in [1.165, 1.54) is 0 Å². The fraction of sp³-hybridized carbons (Fsp3) is 0.462. The number of hydrogen-bond donors (Lipinski definition) is 1. The minimum absolute atomic E-state index is 0.0680. The number of nitrogens with one attached hydrogen (secondary N) is 1. The summed E-state index contributed by atoms with van der Waals surface area (Å²) in [6.45, 7) is 12.1. The third kappa shape index (κ3) is 6.25. The topological polar surface area (TPSA) is 79.5 Å². The predicted octanol–water partition coefficient (Wildman–Crippen LogP) is 3.48. The molecule has 7 heteroatoms. The van der Waals surface area contributed by atoms with Crippen LogP contribution in [0.25, 0.3) is 11.8 Å². The third-order valence-electron chi connectivity index (χ3n) is 5.80. The number of benzene rings is 1. The van der Waals surface area contributed by atoms with Gasteiger partial charge in [-0.15, -0.1) is 0 Å². The van der Waals surface area contributed by atoms with Gasteiger partial charge in [0, 0.05) is 43.3 Å². The van der Waals surface area contributed by atoms with Crippen molar-refractivity contribution in [2.24, 2.45) is 5.92 Å². The number of morpholine rings is 1. The quantitative estimate of drug-likeness (QED) is 0.492. The van der Waals surface area contributed by atoms with Crippen LogP contribution in [0.2, 0.25) is 0 Å². The van der Waals surface area contributed by atoms with E-state index in [0.717, 1.165) is 48.0 Å². The van der Waals surface area contributed by atoms with Crippen LogP contribution in [0.5, 0.6) is 5.75 Å². The molecule has 0 aliphatic carbocycles. The Hall–Kier alpha value is -3.08. The molecule has 1 aliphatic rings. The maximum Gasteiger partial charge on any atom is 0.262 e. The maximum atomic E-state index is 12.7. The molecule has 0 radical (unpaired) electrons. The Kier molecular flexibility index (Phi) is 8.32. The third-order valence-corrected chi connectivity index (χ3v) is 5.80. The van der Waals surface area contributed by atoms with Crippen molar-refractivity contribution in [2.45, 2.75) is 33.8 Å². The number of rotatable bonds is 8. The number of ether oxygens (including phenoxy) is 2. The van der Waals surface area contributed by atoms with Crippen molar-refractivity contribution in [3.05, 3.63) is 52.9 Å². The zero-order chi connectivity index (χ0) is 24.0.